The van der Waals surface area contributed by atoms with E-state index in [1.807, 2.05) is 26.8 Å². The van der Waals surface area contributed by atoms with Gasteiger partial charge in [0.15, 0.2) is 22.4 Å². The number of ether oxygens (including phenoxy) is 3. The number of hydrogen-bond acceptors (Lipinski definition) is 6. The molecule has 8 heteroatoms. The van der Waals surface area contributed by atoms with Crippen molar-refractivity contribution < 1.29 is 27.9 Å². The molecule has 1 aliphatic carbocycles. The van der Waals surface area contributed by atoms with Gasteiger partial charge in [0.05, 0.1) is 18.3 Å². The summed E-state index contributed by atoms with van der Waals surface area (Å²) < 4.78 is 31.8. The number of fused-ring (bicyclic) bond motifs is 1. The van der Waals surface area contributed by atoms with Crippen LogP contribution >= 0.6 is 0 Å². The lowest BCUT2D eigenvalue weighted by molar-refractivity contribution is -0.156. The Bertz CT molecular complexity index is 730. The first-order valence-corrected chi connectivity index (χ1v) is 17.6. The van der Waals surface area contributed by atoms with Gasteiger partial charge in [-0.25, -0.2) is 4.79 Å². The van der Waals surface area contributed by atoms with Crippen LogP contribution in [0.5, 0.6) is 0 Å². The number of carbonyl (C=O) groups excluding carboxylic acids is 1. The van der Waals surface area contributed by atoms with Crippen molar-refractivity contribution in [2.45, 2.75) is 129 Å². The summed E-state index contributed by atoms with van der Waals surface area (Å²) in [5.74, 6) is -1.21. The van der Waals surface area contributed by atoms with Crippen LogP contribution in [0, 0.1) is 0 Å². The lowest BCUT2D eigenvalue weighted by Gasteiger charge is -2.47. The highest BCUT2D eigenvalue weighted by atomic mass is 28.4. The minimum atomic E-state index is -2.18. The molecule has 0 aromatic carbocycles. The van der Waals surface area contributed by atoms with Crippen LogP contribution < -0.4 is 0 Å². The lowest BCUT2D eigenvalue weighted by Crippen LogP contribution is -2.59. The van der Waals surface area contributed by atoms with Gasteiger partial charge >= 0.3 is 5.97 Å². The van der Waals surface area contributed by atoms with E-state index in [9.17, 15) is 4.79 Å². The Morgan fingerprint density at radius 3 is 1.94 bits per heavy atom. The summed E-state index contributed by atoms with van der Waals surface area (Å²) in [6.45, 7) is 28.1. The first kappa shape index (κ1) is 27.7. The van der Waals surface area contributed by atoms with E-state index >= 15 is 0 Å². The molecule has 6 nitrogen and oxygen atoms in total. The molecule has 4 atom stereocenters. The van der Waals surface area contributed by atoms with Gasteiger partial charge in [-0.05, 0) is 63.1 Å². The summed E-state index contributed by atoms with van der Waals surface area (Å²) in [6.07, 6.45) is 0.122. The van der Waals surface area contributed by atoms with Crippen LogP contribution in [-0.2, 0) is 27.9 Å². The minimum Gasteiger partial charge on any atom is -0.463 e. The van der Waals surface area contributed by atoms with Crippen molar-refractivity contribution in [2.24, 2.45) is 0 Å². The molecule has 0 amide bonds. The monoisotopic (exact) mass is 486 g/mol. The molecular formula is C24H46O6Si2. The molecule has 32 heavy (non-hydrogen) atoms. The molecular weight excluding hydrogens is 440 g/mol. The predicted molar refractivity (Wildman–Crippen MR) is 133 cm³/mol. The summed E-state index contributed by atoms with van der Waals surface area (Å²) >= 11 is 0. The summed E-state index contributed by atoms with van der Waals surface area (Å²) in [5.41, 5.74) is 0.473. The molecule has 0 radical (unpaired) electrons. The van der Waals surface area contributed by atoms with Crippen molar-refractivity contribution in [3.8, 4) is 0 Å². The van der Waals surface area contributed by atoms with Gasteiger partial charge < -0.3 is 23.1 Å². The summed E-state index contributed by atoms with van der Waals surface area (Å²) in [5, 5.41) is 0.0275. The largest absolute Gasteiger partial charge is 0.463 e. The zero-order valence-corrected chi connectivity index (χ0v) is 24.5. The number of hydrogen-bond donors (Lipinski definition) is 0. The van der Waals surface area contributed by atoms with E-state index in [4.69, 9.17) is 23.1 Å². The molecule has 1 aliphatic heterocycles. The van der Waals surface area contributed by atoms with Crippen LogP contribution in [0.4, 0.5) is 0 Å². The molecule has 2 rings (SSSR count). The first-order valence-electron chi connectivity index (χ1n) is 11.8. The Hall–Kier alpha value is -0.516. The van der Waals surface area contributed by atoms with E-state index in [2.05, 4.69) is 67.7 Å². The van der Waals surface area contributed by atoms with Gasteiger partial charge in [0.2, 0.25) is 0 Å². The minimum absolute atomic E-state index is 0.00953. The second kappa shape index (κ2) is 8.93. The van der Waals surface area contributed by atoms with Gasteiger partial charge in [0.1, 0.15) is 18.3 Å². The van der Waals surface area contributed by atoms with Crippen molar-refractivity contribution in [2.75, 3.05) is 6.61 Å². The second-order valence-corrected chi connectivity index (χ2v) is 22.1. The highest BCUT2D eigenvalue weighted by Gasteiger charge is 2.57. The zero-order valence-electron chi connectivity index (χ0n) is 22.5. The third kappa shape index (κ3) is 5.75. The molecule has 1 fully saturated rings. The van der Waals surface area contributed by atoms with E-state index in [1.54, 1.807) is 0 Å². The molecule has 1 heterocycles. The van der Waals surface area contributed by atoms with Gasteiger partial charge in [0, 0.05) is 0 Å². The van der Waals surface area contributed by atoms with Gasteiger partial charge in [-0.2, -0.15) is 0 Å². The fourth-order valence-corrected chi connectivity index (χ4v) is 6.03. The second-order valence-electron chi connectivity index (χ2n) is 12.5. The Morgan fingerprint density at radius 1 is 0.969 bits per heavy atom. The average molecular weight is 487 g/mol. The fourth-order valence-electron chi connectivity index (χ4n) is 3.49. The van der Waals surface area contributed by atoms with Crippen LogP contribution in [0.1, 0.15) is 62.3 Å². The molecule has 0 aromatic heterocycles. The highest BCUT2D eigenvalue weighted by molar-refractivity contribution is 6.74. The molecule has 0 spiro atoms. The molecule has 0 aromatic rings. The Balaban J connectivity index is 2.58. The van der Waals surface area contributed by atoms with E-state index in [1.165, 1.54) is 0 Å². The van der Waals surface area contributed by atoms with E-state index in [0.29, 0.717) is 12.2 Å². The predicted octanol–water partition coefficient (Wildman–Crippen LogP) is 5.79. The molecule has 0 saturated carbocycles. The Morgan fingerprint density at radius 2 is 1.47 bits per heavy atom. The first-order chi connectivity index (χ1) is 14.2. The normalized spacial score (nSPS) is 28.8. The SMILES string of the molecule is CCOC(=O)C1=CC(O[Si](C)(C)C(C)(C)C)C(O[Si](C)(C)C(C)(C)C)[C@@H]2OC(C)(C)O[C@H]12. The maximum atomic E-state index is 12.9. The lowest BCUT2D eigenvalue weighted by atomic mass is 9.89. The number of esters is 1. The van der Waals surface area contributed by atoms with Gasteiger partial charge in [-0.3, -0.25) is 0 Å². The van der Waals surface area contributed by atoms with Crippen molar-refractivity contribution >= 4 is 22.6 Å². The standard InChI is InChI=1S/C24H46O6Si2/c1-14-26-21(25)16-15-17(29-31(10,11)22(2,3)4)19(30-32(12,13)23(5,6)7)20-18(16)27-24(8,9)28-20/h15,17-20H,14H2,1-13H3/t17?,18-,19?,20-/m1/s1. The van der Waals surface area contributed by atoms with Crippen molar-refractivity contribution in [1.82, 2.24) is 0 Å². The van der Waals surface area contributed by atoms with Crippen molar-refractivity contribution in [3.63, 3.8) is 0 Å². The van der Waals surface area contributed by atoms with Crippen LogP contribution in [-0.4, -0.2) is 59.4 Å². The summed E-state index contributed by atoms with van der Waals surface area (Å²) in [6, 6.07) is 0. The topological polar surface area (TPSA) is 63.2 Å². The smallest absolute Gasteiger partial charge is 0.336 e. The van der Waals surface area contributed by atoms with Crippen LogP contribution in [0.3, 0.4) is 0 Å². The third-order valence-corrected chi connectivity index (χ3v) is 16.4. The van der Waals surface area contributed by atoms with Crippen molar-refractivity contribution in [3.05, 3.63) is 11.6 Å². The van der Waals surface area contributed by atoms with E-state index in [-0.39, 0.29) is 22.1 Å². The van der Waals surface area contributed by atoms with Gasteiger partial charge in [0.25, 0.3) is 0 Å². The quantitative estimate of drug-likeness (QED) is 0.350. The number of carbonyl (C=O) groups is 1. The highest BCUT2D eigenvalue weighted by Crippen LogP contribution is 2.46. The van der Waals surface area contributed by atoms with Gasteiger partial charge in [-0.15, -0.1) is 0 Å². The summed E-state index contributed by atoms with van der Waals surface area (Å²) in [4.78, 5) is 12.9. The molecule has 1 saturated heterocycles. The summed E-state index contributed by atoms with van der Waals surface area (Å²) in [7, 11) is -4.35. The van der Waals surface area contributed by atoms with E-state index in [0.717, 1.165) is 0 Å². The van der Waals surface area contributed by atoms with Crippen LogP contribution in [0.25, 0.3) is 0 Å². The van der Waals surface area contributed by atoms with Crippen LogP contribution in [0.2, 0.25) is 36.3 Å². The Kier molecular flexibility index (Phi) is 7.73. The average Bonchev–Trinajstić information content (AvgIpc) is 2.89. The molecule has 0 bridgehead atoms. The van der Waals surface area contributed by atoms with Crippen LogP contribution in [0.15, 0.2) is 11.6 Å². The van der Waals surface area contributed by atoms with Gasteiger partial charge in [-0.1, -0.05) is 41.5 Å². The maximum Gasteiger partial charge on any atom is 0.336 e. The van der Waals surface area contributed by atoms with Crippen molar-refractivity contribution in [1.29, 1.82) is 0 Å². The molecule has 2 aliphatic rings. The maximum absolute atomic E-state index is 12.9. The Labute approximate surface area is 197 Å². The van der Waals surface area contributed by atoms with E-state index < -0.39 is 40.7 Å². The zero-order chi connectivity index (χ0) is 24.9. The molecule has 0 N–H and O–H groups in total. The molecule has 2 unspecified atom stereocenters. The third-order valence-electron chi connectivity index (χ3n) is 7.41. The molecule has 186 valence electrons. The number of rotatable bonds is 6. The fraction of sp³-hybridized carbons (Fsp3) is 0.875.